The van der Waals surface area contributed by atoms with Gasteiger partial charge in [-0.15, -0.1) is 11.3 Å². The van der Waals surface area contributed by atoms with E-state index in [1.165, 1.54) is 30.2 Å². The summed E-state index contributed by atoms with van der Waals surface area (Å²) < 4.78 is 83.4. The molecule has 2 N–H and O–H groups in total. The highest BCUT2D eigenvalue weighted by molar-refractivity contribution is 7.89. The van der Waals surface area contributed by atoms with Crippen molar-refractivity contribution in [2.24, 2.45) is 7.05 Å². The van der Waals surface area contributed by atoms with Crippen molar-refractivity contribution >= 4 is 27.3 Å². The zero-order chi connectivity index (χ0) is 25.5. The number of aryl methyl sites for hydroxylation is 1. The van der Waals surface area contributed by atoms with Gasteiger partial charge in [0.15, 0.2) is 0 Å². The van der Waals surface area contributed by atoms with Crippen LogP contribution in [0.4, 0.5) is 23.5 Å². The first-order valence-corrected chi connectivity index (χ1v) is 12.6. The summed E-state index contributed by atoms with van der Waals surface area (Å²) in [7, 11) is -2.38. The molecule has 35 heavy (non-hydrogen) atoms. The van der Waals surface area contributed by atoms with Crippen LogP contribution in [0.3, 0.4) is 0 Å². The summed E-state index contributed by atoms with van der Waals surface area (Å²) in [6, 6.07) is -0.922. The Kier molecular flexibility index (Phi) is 6.82. The predicted octanol–water partition coefficient (Wildman–Crippen LogP) is 2.62. The molecule has 1 aliphatic rings. The molecule has 0 aromatic carbocycles. The second-order valence-electron chi connectivity index (χ2n) is 7.96. The van der Waals surface area contributed by atoms with E-state index in [2.05, 4.69) is 25.4 Å². The van der Waals surface area contributed by atoms with E-state index in [0.29, 0.717) is 6.20 Å². The molecule has 1 aliphatic heterocycles. The van der Waals surface area contributed by atoms with Crippen LogP contribution < -0.4 is 5.32 Å². The number of alkyl halides is 4. The van der Waals surface area contributed by atoms with Crippen LogP contribution in [0.15, 0.2) is 29.7 Å². The minimum atomic E-state index is -4.75. The van der Waals surface area contributed by atoms with Crippen molar-refractivity contribution in [2.45, 2.75) is 42.7 Å². The van der Waals surface area contributed by atoms with Crippen LogP contribution in [0.1, 0.15) is 30.0 Å². The summed E-state index contributed by atoms with van der Waals surface area (Å²) in [6.07, 6.45) is -3.10. The van der Waals surface area contributed by atoms with Crippen molar-refractivity contribution in [3.63, 3.8) is 0 Å². The monoisotopic (exact) mass is 535 g/mol. The molecule has 1 unspecified atom stereocenters. The molecule has 1 fully saturated rings. The summed E-state index contributed by atoms with van der Waals surface area (Å²) in [4.78, 5) is 11.6. The summed E-state index contributed by atoms with van der Waals surface area (Å²) in [5, 5.41) is 16.4. The van der Waals surface area contributed by atoms with Crippen LogP contribution in [-0.4, -0.2) is 67.9 Å². The number of nitrogens with one attached hydrogen (secondary N) is 1. The lowest BCUT2D eigenvalue weighted by molar-refractivity contribution is -0.137. The number of aromatic nitrogens is 5. The van der Waals surface area contributed by atoms with E-state index in [0.717, 1.165) is 15.6 Å². The number of anilines is 1. The quantitative estimate of drug-likeness (QED) is 0.462. The molecule has 0 aliphatic carbocycles. The molecular formula is C19H21F4N7O3S2. The van der Waals surface area contributed by atoms with Gasteiger partial charge in [0.25, 0.3) is 0 Å². The zero-order valence-electron chi connectivity index (χ0n) is 18.4. The van der Waals surface area contributed by atoms with Crippen LogP contribution in [0.5, 0.6) is 0 Å². The number of sulfonamides is 1. The minimum absolute atomic E-state index is 0.0185. The number of halogens is 4. The maximum atomic E-state index is 15.0. The molecule has 190 valence electrons. The molecule has 16 heteroatoms. The van der Waals surface area contributed by atoms with Gasteiger partial charge in [-0.25, -0.2) is 27.8 Å². The number of aliphatic hydroxyl groups excluding tert-OH is 1. The van der Waals surface area contributed by atoms with Crippen LogP contribution in [0.2, 0.25) is 0 Å². The normalized spacial score (nSPS) is 20.7. The molecule has 3 aromatic heterocycles. The fourth-order valence-electron chi connectivity index (χ4n) is 3.54. The molecule has 0 spiro atoms. The third-order valence-electron chi connectivity index (χ3n) is 5.35. The molecule has 0 radical (unpaired) electrons. The number of nitrogens with zero attached hydrogens (tertiary/aromatic N) is 6. The number of hydrogen-bond acceptors (Lipinski definition) is 9. The van der Waals surface area contributed by atoms with Gasteiger partial charge in [0.05, 0.1) is 22.8 Å². The first kappa shape index (κ1) is 25.4. The Morgan fingerprint density at radius 2 is 2.00 bits per heavy atom. The van der Waals surface area contributed by atoms with Gasteiger partial charge in [-0.1, -0.05) is 0 Å². The smallest absolute Gasteiger partial charge is 0.386 e. The van der Waals surface area contributed by atoms with Crippen LogP contribution in [-0.2, 0) is 23.2 Å². The van der Waals surface area contributed by atoms with Crippen molar-refractivity contribution in [3.05, 3.63) is 35.4 Å². The number of thiazole rings is 1. The lowest BCUT2D eigenvalue weighted by atomic mass is 10.1. The zero-order valence-corrected chi connectivity index (χ0v) is 20.1. The minimum Gasteiger partial charge on any atom is -0.386 e. The second kappa shape index (κ2) is 9.40. The van der Waals surface area contributed by atoms with E-state index >= 15 is 0 Å². The maximum Gasteiger partial charge on any atom is 0.420 e. The van der Waals surface area contributed by atoms with Gasteiger partial charge in [-0.05, 0) is 13.3 Å². The van der Waals surface area contributed by atoms with Crippen molar-refractivity contribution in [2.75, 3.05) is 18.4 Å². The van der Waals surface area contributed by atoms with Crippen molar-refractivity contribution in [1.29, 1.82) is 0 Å². The molecule has 0 amide bonds. The Balaban J connectivity index is 1.54. The molecule has 3 atom stereocenters. The first-order chi connectivity index (χ1) is 16.4. The van der Waals surface area contributed by atoms with E-state index < -0.39 is 52.3 Å². The average Bonchev–Trinajstić information content (AvgIpc) is 3.44. The summed E-state index contributed by atoms with van der Waals surface area (Å²) in [5.74, 6) is -0.240. The molecule has 3 aromatic rings. The van der Waals surface area contributed by atoms with Gasteiger partial charge in [0.1, 0.15) is 27.7 Å². The number of hydrogen-bond donors (Lipinski definition) is 2. The lowest BCUT2D eigenvalue weighted by Crippen LogP contribution is -2.50. The average molecular weight is 536 g/mol. The Morgan fingerprint density at radius 1 is 1.26 bits per heavy atom. The highest BCUT2D eigenvalue weighted by atomic mass is 32.2. The van der Waals surface area contributed by atoms with E-state index in [-0.39, 0.29) is 33.7 Å². The van der Waals surface area contributed by atoms with Gasteiger partial charge in [0, 0.05) is 38.7 Å². The van der Waals surface area contributed by atoms with Crippen molar-refractivity contribution < 1.29 is 31.1 Å². The highest BCUT2D eigenvalue weighted by Crippen LogP contribution is 2.39. The number of piperidine rings is 1. The summed E-state index contributed by atoms with van der Waals surface area (Å²) >= 11 is 0.849. The Morgan fingerprint density at radius 3 is 2.57 bits per heavy atom. The Hall–Kier alpha value is -2.69. The fourth-order valence-corrected chi connectivity index (χ4v) is 5.85. The fraction of sp³-hybridized carbons (Fsp3) is 0.474. The van der Waals surface area contributed by atoms with Gasteiger partial charge >= 0.3 is 6.18 Å². The van der Waals surface area contributed by atoms with E-state index in [4.69, 9.17) is 0 Å². The lowest BCUT2D eigenvalue weighted by Gasteiger charge is -2.34. The maximum absolute atomic E-state index is 15.0. The first-order valence-electron chi connectivity index (χ1n) is 10.3. The van der Waals surface area contributed by atoms with Crippen molar-refractivity contribution in [3.8, 4) is 10.6 Å². The Labute approximate surface area is 201 Å². The SMILES string of the molecule is CC(O)c1ncc(-c2nc(N[C@@H]3CCN(S(=O)(=O)c4cnn(C)c4)C[C@H]3F)ncc2C(F)(F)F)s1. The van der Waals surface area contributed by atoms with E-state index in [9.17, 15) is 31.1 Å². The molecule has 0 bridgehead atoms. The van der Waals surface area contributed by atoms with Gasteiger partial charge in [0.2, 0.25) is 16.0 Å². The van der Waals surface area contributed by atoms with E-state index in [1.807, 2.05) is 0 Å². The summed E-state index contributed by atoms with van der Waals surface area (Å²) in [6.45, 7) is 0.965. The van der Waals surface area contributed by atoms with Crippen molar-refractivity contribution in [1.82, 2.24) is 29.0 Å². The second-order valence-corrected chi connectivity index (χ2v) is 11.0. The molecule has 4 heterocycles. The molecular weight excluding hydrogens is 514 g/mol. The van der Waals surface area contributed by atoms with Gasteiger partial charge in [-0.2, -0.15) is 22.6 Å². The van der Waals surface area contributed by atoms with Crippen LogP contribution in [0.25, 0.3) is 10.6 Å². The predicted molar refractivity (Wildman–Crippen MR) is 118 cm³/mol. The van der Waals surface area contributed by atoms with Gasteiger partial charge < -0.3 is 10.4 Å². The standard InChI is InChI=1S/C19H21F4N7O3S2/c1-10(31)17-24-7-15(34-17)16-12(19(21,22)23)6-25-18(28-16)27-14-3-4-30(9-13(14)20)35(32,33)11-5-26-29(2)8-11/h5-8,10,13-14,31H,3-4,9H2,1-2H3,(H,25,27,28)/t10?,13-,14-/m1/s1. The summed E-state index contributed by atoms with van der Waals surface area (Å²) in [5.41, 5.74) is -1.55. The largest absolute Gasteiger partial charge is 0.420 e. The van der Waals surface area contributed by atoms with E-state index in [1.54, 1.807) is 7.05 Å². The third kappa shape index (κ3) is 5.29. The highest BCUT2D eigenvalue weighted by Gasteiger charge is 2.38. The van der Waals surface area contributed by atoms with Gasteiger partial charge in [-0.3, -0.25) is 4.68 Å². The molecule has 4 rings (SSSR count). The molecule has 10 nitrogen and oxygen atoms in total. The van der Waals surface area contributed by atoms with Crippen LogP contribution >= 0.6 is 11.3 Å². The third-order valence-corrected chi connectivity index (χ3v) is 8.34. The Bertz CT molecular complexity index is 1310. The molecule has 0 saturated carbocycles. The topological polar surface area (TPSA) is 126 Å². The number of rotatable bonds is 6. The van der Waals surface area contributed by atoms with Crippen LogP contribution in [0, 0.1) is 0 Å². The molecule has 1 saturated heterocycles. The number of aliphatic hydroxyl groups is 1.